The first-order valence-corrected chi connectivity index (χ1v) is 7.47. The van der Waals surface area contributed by atoms with E-state index in [1.54, 1.807) is 12.1 Å². The summed E-state index contributed by atoms with van der Waals surface area (Å²) in [6, 6.07) is 13.2. The molecule has 0 amide bonds. The molecule has 0 radical (unpaired) electrons. The highest BCUT2D eigenvalue weighted by atomic mass is 16.1. The molecule has 0 spiro atoms. The number of rotatable bonds is 3. The summed E-state index contributed by atoms with van der Waals surface area (Å²) < 4.78 is 0. The van der Waals surface area contributed by atoms with E-state index in [2.05, 4.69) is 17.9 Å². The van der Waals surface area contributed by atoms with E-state index in [0.717, 1.165) is 31.5 Å². The van der Waals surface area contributed by atoms with Gasteiger partial charge in [-0.3, -0.25) is 4.79 Å². The Kier molecular flexibility index (Phi) is 3.65. The van der Waals surface area contributed by atoms with Crippen LogP contribution in [0.25, 0.3) is 0 Å². The largest absolute Gasteiger partial charge is 0.399 e. The fraction of sp³-hybridized carbons (Fsp3) is 0.278. The van der Waals surface area contributed by atoms with Gasteiger partial charge in [-0.15, -0.1) is 0 Å². The predicted molar refractivity (Wildman–Crippen MR) is 86.9 cm³/mol. The molecule has 2 aromatic carbocycles. The molecule has 3 rings (SSSR count). The molecule has 3 nitrogen and oxygen atoms in total. The van der Waals surface area contributed by atoms with Crippen LogP contribution in [0.5, 0.6) is 0 Å². The van der Waals surface area contributed by atoms with Crippen LogP contribution in [0.1, 0.15) is 34.8 Å². The monoisotopic (exact) mass is 280 g/mol. The number of nitrogens with zero attached hydrogens (tertiary/aromatic N) is 1. The molecular formula is C18H20N2O. The van der Waals surface area contributed by atoms with Gasteiger partial charge in [0, 0.05) is 35.6 Å². The van der Waals surface area contributed by atoms with Gasteiger partial charge in [-0.2, -0.15) is 0 Å². The van der Waals surface area contributed by atoms with Gasteiger partial charge in [0.2, 0.25) is 0 Å². The first-order chi connectivity index (χ1) is 10.2. The molecule has 1 heterocycles. The summed E-state index contributed by atoms with van der Waals surface area (Å²) in [6.07, 6.45) is 2.20. The van der Waals surface area contributed by atoms with Crippen LogP contribution in [0, 0.1) is 0 Å². The van der Waals surface area contributed by atoms with Crippen molar-refractivity contribution in [3.63, 3.8) is 0 Å². The number of benzene rings is 2. The predicted octanol–water partition coefficient (Wildman–Crippen LogP) is 3.27. The molecule has 0 atom stereocenters. The highest BCUT2D eigenvalue weighted by Crippen LogP contribution is 2.28. The minimum absolute atomic E-state index is 0.0405. The highest BCUT2D eigenvalue weighted by Gasteiger charge is 2.18. The summed E-state index contributed by atoms with van der Waals surface area (Å²) in [6.45, 7) is 4.28. The summed E-state index contributed by atoms with van der Waals surface area (Å²) in [5, 5.41) is 0. The minimum Gasteiger partial charge on any atom is -0.399 e. The van der Waals surface area contributed by atoms with Crippen molar-refractivity contribution < 1.29 is 4.79 Å². The fourth-order valence-corrected chi connectivity index (χ4v) is 2.99. The molecule has 0 bridgehead atoms. The second-order valence-electron chi connectivity index (χ2n) is 5.48. The van der Waals surface area contributed by atoms with Crippen molar-refractivity contribution in [3.8, 4) is 0 Å². The lowest BCUT2D eigenvalue weighted by atomic mass is 9.95. The molecule has 2 aromatic rings. The lowest BCUT2D eigenvalue weighted by molar-refractivity contribution is 0.103. The van der Waals surface area contributed by atoms with Gasteiger partial charge in [0.1, 0.15) is 0 Å². The zero-order valence-electron chi connectivity index (χ0n) is 12.3. The van der Waals surface area contributed by atoms with Gasteiger partial charge >= 0.3 is 0 Å². The highest BCUT2D eigenvalue weighted by molar-refractivity contribution is 6.09. The Labute approximate surface area is 125 Å². The van der Waals surface area contributed by atoms with Crippen molar-refractivity contribution in [2.75, 3.05) is 23.7 Å². The number of carbonyl (C=O) groups is 1. The number of nitrogens with two attached hydrogens (primary N) is 1. The van der Waals surface area contributed by atoms with E-state index in [4.69, 9.17) is 5.73 Å². The van der Waals surface area contributed by atoms with Crippen LogP contribution >= 0.6 is 0 Å². The maximum Gasteiger partial charge on any atom is 0.193 e. The topological polar surface area (TPSA) is 46.3 Å². The van der Waals surface area contributed by atoms with Crippen molar-refractivity contribution in [2.24, 2.45) is 0 Å². The Morgan fingerprint density at radius 2 is 2.00 bits per heavy atom. The molecule has 21 heavy (non-hydrogen) atoms. The Bertz CT molecular complexity index is 679. The van der Waals surface area contributed by atoms with E-state index >= 15 is 0 Å². The smallest absolute Gasteiger partial charge is 0.193 e. The summed E-state index contributed by atoms with van der Waals surface area (Å²) >= 11 is 0. The van der Waals surface area contributed by atoms with Crippen LogP contribution in [-0.2, 0) is 6.42 Å². The molecule has 0 aromatic heterocycles. The third-order valence-electron chi connectivity index (χ3n) is 4.09. The van der Waals surface area contributed by atoms with Crippen LogP contribution in [0.3, 0.4) is 0 Å². The van der Waals surface area contributed by atoms with Crippen molar-refractivity contribution >= 4 is 17.2 Å². The second kappa shape index (κ2) is 5.60. The van der Waals surface area contributed by atoms with E-state index < -0.39 is 0 Å². The van der Waals surface area contributed by atoms with Crippen molar-refractivity contribution in [2.45, 2.75) is 19.8 Å². The van der Waals surface area contributed by atoms with Crippen molar-refractivity contribution in [1.82, 2.24) is 0 Å². The lowest BCUT2D eigenvalue weighted by Crippen LogP contribution is -2.29. The molecule has 0 saturated carbocycles. The summed E-state index contributed by atoms with van der Waals surface area (Å²) in [5.41, 5.74) is 10.3. The number of ketones is 1. The molecule has 0 unspecified atom stereocenters. The quantitative estimate of drug-likeness (QED) is 0.693. The third kappa shape index (κ3) is 2.64. The van der Waals surface area contributed by atoms with E-state index in [9.17, 15) is 4.79 Å². The number of carbonyl (C=O) groups excluding carboxylic acids is 1. The summed E-state index contributed by atoms with van der Waals surface area (Å²) in [7, 11) is 0. The molecular weight excluding hydrogens is 260 g/mol. The van der Waals surface area contributed by atoms with Crippen molar-refractivity contribution in [1.29, 1.82) is 0 Å². The van der Waals surface area contributed by atoms with Crippen LogP contribution in [0.4, 0.5) is 11.4 Å². The fourth-order valence-electron chi connectivity index (χ4n) is 2.99. The molecule has 0 aliphatic carbocycles. The average molecular weight is 280 g/mol. The minimum atomic E-state index is 0.0405. The maximum atomic E-state index is 12.6. The van der Waals surface area contributed by atoms with Crippen LogP contribution in [-0.4, -0.2) is 18.9 Å². The average Bonchev–Trinajstić information content (AvgIpc) is 2.53. The number of aryl methyl sites for hydroxylation is 1. The standard InChI is InChI=1S/C18H20N2O/c1-2-20-10-4-6-13-11-15(8-9-17(13)20)18(21)14-5-3-7-16(19)12-14/h3,5,7-9,11-12H,2,4,6,10,19H2,1H3. The van der Waals surface area contributed by atoms with Gasteiger partial charge in [0.05, 0.1) is 0 Å². The van der Waals surface area contributed by atoms with Crippen LogP contribution < -0.4 is 10.6 Å². The van der Waals surface area contributed by atoms with Gasteiger partial charge in [-0.05, 0) is 55.7 Å². The molecule has 108 valence electrons. The number of anilines is 2. The van der Waals surface area contributed by atoms with Gasteiger partial charge in [0.25, 0.3) is 0 Å². The van der Waals surface area contributed by atoms with Gasteiger partial charge in [0.15, 0.2) is 5.78 Å². The Balaban J connectivity index is 1.95. The lowest BCUT2D eigenvalue weighted by Gasteiger charge is -2.30. The molecule has 3 heteroatoms. The number of nitrogen functional groups attached to an aromatic ring is 1. The first-order valence-electron chi connectivity index (χ1n) is 7.47. The number of hydrogen-bond acceptors (Lipinski definition) is 3. The zero-order chi connectivity index (χ0) is 14.8. The Morgan fingerprint density at radius 1 is 1.19 bits per heavy atom. The van der Waals surface area contributed by atoms with Crippen molar-refractivity contribution in [3.05, 3.63) is 59.2 Å². The summed E-state index contributed by atoms with van der Waals surface area (Å²) in [4.78, 5) is 14.9. The van der Waals surface area contributed by atoms with Crippen LogP contribution in [0.2, 0.25) is 0 Å². The molecule has 0 saturated heterocycles. The van der Waals surface area contributed by atoms with E-state index in [1.807, 2.05) is 24.3 Å². The number of hydrogen-bond donors (Lipinski definition) is 1. The Hall–Kier alpha value is -2.29. The molecule has 0 fully saturated rings. The van der Waals surface area contributed by atoms with Gasteiger partial charge < -0.3 is 10.6 Å². The normalized spacial score (nSPS) is 13.9. The maximum absolute atomic E-state index is 12.6. The zero-order valence-corrected chi connectivity index (χ0v) is 12.3. The third-order valence-corrected chi connectivity index (χ3v) is 4.09. The Morgan fingerprint density at radius 3 is 2.76 bits per heavy atom. The number of fused-ring (bicyclic) bond motifs is 1. The van der Waals surface area contributed by atoms with E-state index in [0.29, 0.717) is 11.3 Å². The summed E-state index contributed by atoms with van der Waals surface area (Å²) in [5.74, 6) is 0.0405. The van der Waals surface area contributed by atoms with Crippen LogP contribution in [0.15, 0.2) is 42.5 Å². The molecule has 2 N–H and O–H groups in total. The van der Waals surface area contributed by atoms with Gasteiger partial charge in [-0.1, -0.05) is 12.1 Å². The molecule has 1 aliphatic rings. The van der Waals surface area contributed by atoms with E-state index in [1.165, 1.54) is 11.3 Å². The second-order valence-corrected chi connectivity index (χ2v) is 5.48. The molecule has 1 aliphatic heterocycles. The SMILES string of the molecule is CCN1CCCc2cc(C(=O)c3cccc(N)c3)ccc21. The van der Waals surface area contributed by atoms with E-state index in [-0.39, 0.29) is 5.78 Å². The van der Waals surface area contributed by atoms with Gasteiger partial charge in [-0.25, -0.2) is 0 Å². The first kappa shape index (κ1) is 13.7.